The second-order valence-electron chi connectivity index (χ2n) is 5.00. The molecule has 1 aliphatic heterocycles. The molecule has 1 unspecified atom stereocenters. The Balaban J connectivity index is 1.82. The van der Waals surface area contributed by atoms with E-state index < -0.39 is 0 Å². The van der Waals surface area contributed by atoms with Gasteiger partial charge in [0.15, 0.2) is 0 Å². The maximum Gasteiger partial charge on any atom is 0.0847 e. The topological polar surface area (TPSA) is 9.23 Å². The van der Waals surface area contributed by atoms with E-state index in [2.05, 4.69) is 24.3 Å². The molecule has 3 rings (SSSR count). The molecule has 0 aliphatic carbocycles. The van der Waals surface area contributed by atoms with Gasteiger partial charge in [-0.3, -0.25) is 0 Å². The molecule has 0 bridgehead atoms. The molecule has 1 nitrogen and oxygen atoms in total. The van der Waals surface area contributed by atoms with Crippen molar-refractivity contribution in [3.63, 3.8) is 0 Å². The Bertz CT molecular complexity index is 464. The van der Waals surface area contributed by atoms with E-state index in [1.54, 1.807) is 0 Å². The smallest absolute Gasteiger partial charge is 0.0847 e. The Kier molecular flexibility index (Phi) is 3.86. The molecule has 0 amide bonds. The third kappa shape index (κ3) is 2.99. The van der Waals surface area contributed by atoms with E-state index >= 15 is 0 Å². The van der Waals surface area contributed by atoms with E-state index in [0.717, 1.165) is 12.8 Å². The van der Waals surface area contributed by atoms with Gasteiger partial charge in [-0.15, -0.1) is 11.6 Å². The van der Waals surface area contributed by atoms with Crippen LogP contribution in [0.4, 0.5) is 0 Å². The molecule has 1 fully saturated rings. The van der Waals surface area contributed by atoms with Crippen molar-refractivity contribution in [3.8, 4) is 0 Å². The predicted octanol–water partition coefficient (Wildman–Crippen LogP) is 4.89. The second kappa shape index (κ2) is 5.77. The van der Waals surface area contributed by atoms with E-state index in [4.69, 9.17) is 16.3 Å². The molecule has 0 spiro atoms. The average molecular weight is 273 g/mol. The quantitative estimate of drug-likeness (QED) is 0.708. The van der Waals surface area contributed by atoms with Crippen LogP contribution in [0.15, 0.2) is 60.7 Å². The molecule has 2 aromatic rings. The van der Waals surface area contributed by atoms with E-state index in [1.807, 2.05) is 36.4 Å². The number of ether oxygens (including phenoxy) is 1. The molecule has 1 saturated heterocycles. The van der Waals surface area contributed by atoms with E-state index in [0.29, 0.717) is 0 Å². The van der Waals surface area contributed by atoms with Gasteiger partial charge in [-0.05, 0) is 24.0 Å². The number of benzene rings is 2. The van der Waals surface area contributed by atoms with Gasteiger partial charge in [0.25, 0.3) is 0 Å². The van der Waals surface area contributed by atoms with Crippen molar-refractivity contribution in [1.29, 1.82) is 0 Å². The third-order valence-electron chi connectivity index (χ3n) is 3.61. The van der Waals surface area contributed by atoms with Gasteiger partial charge >= 0.3 is 0 Å². The molecule has 2 heteroatoms. The standard InChI is InChI=1S/C17H17ClO/c18-15-11-16(13-7-3-1-4-8-13)19-17(12-15)14-9-5-2-6-10-14/h1-10,15-17H,11-12H2/t15?,16-,17+. The normalized spacial score (nSPS) is 27.1. The predicted molar refractivity (Wildman–Crippen MR) is 78.3 cm³/mol. The fourth-order valence-corrected chi connectivity index (χ4v) is 2.96. The second-order valence-corrected chi connectivity index (χ2v) is 5.62. The summed E-state index contributed by atoms with van der Waals surface area (Å²) in [7, 11) is 0. The molecular weight excluding hydrogens is 256 g/mol. The lowest BCUT2D eigenvalue weighted by Crippen LogP contribution is -2.23. The highest BCUT2D eigenvalue weighted by Crippen LogP contribution is 2.40. The zero-order valence-electron chi connectivity index (χ0n) is 10.7. The van der Waals surface area contributed by atoms with Crippen LogP contribution in [0.3, 0.4) is 0 Å². The highest BCUT2D eigenvalue weighted by Gasteiger charge is 2.30. The summed E-state index contributed by atoms with van der Waals surface area (Å²) in [6.07, 6.45) is 1.97. The van der Waals surface area contributed by atoms with Crippen LogP contribution in [0.25, 0.3) is 0 Å². The molecule has 2 aromatic carbocycles. The van der Waals surface area contributed by atoms with E-state index in [9.17, 15) is 0 Å². The van der Waals surface area contributed by atoms with Gasteiger partial charge in [0.2, 0.25) is 0 Å². The summed E-state index contributed by atoms with van der Waals surface area (Å²) in [6.45, 7) is 0. The Morgan fingerprint density at radius 1 is 0.737 bits per heavy atom. The largest absolute Gasteiger partial charge is 0.365 e. The lowest BCUT2D eigenvalue weighted by Gasteiger charge is -2.33. The zero-order chi connectivity index (χ0) is 13.1. The Morgan fingerprint density at radius 2 is 1.16 bits per heavy atom. The molecule has 98 valence electrons. The Morgan fingerprint density at radius 3 is 1.58 bits per heavy atom. The number of halogens is 1. The van der Waals surface area contributed by atoms with E-state index in [-0.39, 0.29) is 17.6 Å². The molecule has 0 radical (unpaired) electrons. The Labute approximate surface area is 119 Å². The summed E-state index contributed by atoms with van der Waals surface area (Å²) in [5.74, 6) is 0. The van der Waals surface area contributed by atoms with Crippen molar-refractivity contribution >= 4 is 11.6 Å². The molecule has 1 heterocycles. The van der Waals surface area contributed by atoms with Crippen molar-refractivity contribution in [2.24, 2.45) is 0 Å². The first-order valence-corrected chi connectivity index (χ1v) is 7.16. The first-order chi connectivity index (χ1) is 9.33. The minimum Gasteiger partial charge on any atom is -0.365 e. The first-order valence-electron chi connectivity index (χ1n) is 6.72. The fraction of sp³-hybridized carbons (Fsp3) is 0.294. The average Bonchev–Trinajstić information content (AvgIpc) is 2.48. The van der Waals surface area contributed by atoms with Gasteiger partial charge in [-0.2, -0.15) is 0 Å². The summed E-state index contributed by atoms with van der Waals surface area (Å²) < 4.78 is 6.24. The van der Waals surface area contributed by atoms with Crippen LogP contribution in [0, 0.1) is 0 Å². The molecule has 1 aliphatic rings. The lowest BCUT2D eigenvalue weighted by molar-refractivity contribution is -0.0516. The van der Waals surface area contributed by atoms with Crippen LogP contribution < -0.4 is 0 Å². The summed E-state index contributed by atoms with van der Waals surface area (Å²) in [4.78, 5) is 0. The van der Waals surface area contributed by atoms with Gasteiger partial charge in [0.05, 0.1) is 12.2 Å². The van der Waals surface area contributed by atoms with Gasteiger partial charge in [0, 0.05) is 5.38 Å². The molecule has 0 saturated carbocycles. The summed E-state index contributed by atoms with van der Waals surface area (Å²) in [6, 6.07) is 20.7. The summed E-state index contributed by atoms with van der Waals surface area (Å²) in [5, 5.41) is 0.171. The summed E-state index contributed by atoms with van der Waals surface area (Å²) >= 11 is 6.43. The van der Waals surface area contributed by atoms with Crippen LogP contribution in [0.1, 0.15) is 36.2 Å². The lowest BCUT2D eigenvalue weighted by atomic mass is 9.95. The fourth-order valence-electron chi connectivity index (χ4n) is 2.63. The van der Waals surface area contributed by atoms with Crippen molar-refractivity contribution < 1.29 is 4.74 Å². The Hall–Kier alpha value is -1.31. The van der Waals surface area contributed by atoms with E-state index in [1.165, 1.54) is 11.1 Å². The zero-order valence-corrected chi connectivity index (χ0v) is 11.5. The first kappa shape index (κ1) is 12.7. The number of hydrogen-bond acceptors (Lipinski definition) is 1. The monoisotopic (exact) mass is 272 g/mol. The van der Waals surface area contributed by atoms with Crippen molar-refractivity contribution in [2.45, 2.75) is 30.4 Å². The number of hydrogen-bond donors (Lipinski definition) is 0. The van der Waals surface area contributed by atoms with Crippen molar-refractivity contribution in [2.75, 3.05) is 0 Å². The van der Waals surface area contributed by atoms with Crippen LogP contribution in [-0.2, 0) is 4.74 Å². The number of alkyl halides is 1. The van der Waals surface area contributed by atoms with Crippen LogP contribution >= 0.6 is 11.6 Å². The highest BCUT2D eigenvalue weighted by atomic mass is 35.5. The maximum atomic E-state index is 6.43. The number of rotatable bonds is 2. The summed E-state index contributed by atoms with van der Waals surface area (Å²) in [5.41, 5.74) is 2.43. The van der Waals surface area contributed by atoms with Gasteiger partial charge < -0.3 is 4.74 Å². The van der Waals surface area contributed by atoms with Gasteiger partial charge in [0.1, 0.15) is 0 Å². The molecular formula is C17H17ClO. The SMILES string of the molecule is ClC1C[C@@H](c2ccccc2)O[C@@H](c2ccccc2)C1. The third-order valence-corrected chi connectivity index (χ3v) is 3.97. The molecule has 3 atom stereocenters. The van der Waals surface area contributed by atoms with Gasteiger partial charge in [-0.25, -0.2) is 0 Å². The minimum absolute atomic E-state index is 0.0997. The van der Waals surface area contributed by atoms with Gasteiger partial charge in [-0.1, -0.05) is 60.7 Å². The maximum absolute atomic E-state index is 6.43. The van der Waals surface area contributed by atoms with Crippen molar-refractivity contribution in [3.05, 3.63) is 71.8 Å². The van der Waals surface area contributed by atoms with Crippen LogP contribution in [0.5, 0.6) is 0 Å². The molecule has 19 heavy (non-hydrogen) atoms. The van der Waals surface area contributed by atoms with Crippen LogP contribution in [0.2, 0.25) is 0 Å². The van der Waals surface area contributed by atoms with Crippen molar-refractivity contribution in [1.82, 2.24) is 0 Å². The van der Waals surface area contributed by atoms with Crippen LogP contribution in [-0.4, -0.2) is 5.38 Å². The highest BCUT2D eigenvalue weighted by molar-refractivity contribution is 6.20. The minimum atomic E-state index is 0.0997. The molecule has 0 aromatic heterocycles. The molecule has 0 N–H and O–H groups in total.